The van der Waals surface area contributed by atoms with Gasteiger partial charge in [-0.1, -0.05) is 30.3 Å². The largest absolute Gasteiger partial charge is 0.476 e. The average molecular weight is 456 g/mol. The highest BCUT2D eigenvalue weighted by atomic mass is 16.4. The van der Waals surface area contributed by atoms with Crippen LogP contribution in [0.25, 0.3) is 10.9 Å². The number of pyridine rings is 1. The van der Waals surface area contributed by atoms with Gasteiger partial charge in [0.2, 0.25) is 5.95 Å². The Balaban J connectivity index is 1.60. The Morgan fingerprint density at radius 3 is 2.50 bits per heavy atom. The van der Waals surface area contributed by atoms with Crippen LogP contribution in [0.15, 0.2) is 59.5 Å². The number of aromatic carboxylic acids is 1. The lowest BCUT2D eigenvalue weighted by Crippen LogP contribution is -2.28. The van der Waals surface area contributed by atoms with Crippen LogP contribution in [0, 0.1) is 6.92 Å². The highest BCUT2D eigenvalue weighted by Gasteiger charge is 2.24. The highest BCUT2D eigenvalue weighted by molar-refractivity contribution is 5.92. The number of rotatable bonds is 5. The van der Waals surface area contributed by atoms with Gasteiger partial charge in [-0.05, 0) is 48.7 Å². The third-order valence-electron chi connectivity index (χ3n) is 6.30. The summed E-state index contributed by atoms with van der Waals surface area (Å²) in [6, 6.07) is 15.2. The van der Waals surface area contributed by atoms with Crippen molar-refractivity contribution in [2.45, 2.75) is 33.0 Å². The fraction of sp³-hybridized carbons (Fsp3) is 0.231. The molecular weight excluding hydrogens is 430 g/mol. The summed E-state index contributed by atoms with van der Waals surface area (Å²) in [6.45, 7) is 5.24. The van der Waals surface area contributed by atoms with E-state index in [1.54, 1.807) is 23.7 Å². The number of benzene rings is 2. The lowest BCUT2D eigenvalue weighted by molar-refractivity contribution is 0.0691. The first-order valence-corrected chi connectivity index (χ1v) is 11.1. The molecule has 5 rings (SSSR count). The Hall–Kier alpha value is -4.20. The molecule has 0 saturated carbocycles. The van der Waals surface area contributed by atoms with E-state index in [1.807, 2.05) is 38.1 Å². The molecule has 172 valence electrons. The van der Waals surface area contributed by atoms with Gasteiger partial charge in [-0.3, -0.25) is 9.36 Å². The highest BCUT2D eigenvalue weighted by Crippen LogP contribution is 2.31. The van der Waals surface area contributed by atoms with E-state index in [2.05, 4.69) is 27.3 Å². The molecule has 2 aromatic heterocycles. The summed E-state index contributed by atoms with van der Waals surface area (Å²) in [5.41, 5.74) is 5.08. The number of nitrogens with one attached hydrogen (secondary N) is 1. The molecule has 1 atom stereocenters. The first-order valence-electron chi connectivity index (χ1n) is 11.1. The Kier molecular flexibility index (Phi) is 5.28. The number of carboxylic acid groups (broad SMARTS) is 1. The number of anilines is 2. The molecular formula is C26H25N5O3. The van der Waals surface area contributed by atoms with Crippen LogP contribution in [0.2, 0.25) is 0 Å². The summed E-state index contributed by atoms with van der Waals surface area (Å²) >= 11 is 0. The maximum absolute atomic E-state index is 13.4. The van der Waals surface area contributed by atoms with Gasteiger partial charge in [-0.25, -0.2) is 14.8 Å². The van der Waals surface area contributed by atoms with Gasteiger partial charge >= 0.3 is 5.97 Å². The van der Waals surface area contributed by atoms with E-state index < -0.39 is 5.97 Å². The zero-order chi connectivity index (χ0) is 24.0. The topological polar surface area (TPSA) is 100 Å². The second-order valence-electron chi connectivity index (χ2n) is 8.72. The van der Waals surface area contributed by atoms with Crippen LogP contribution in [-0.4, -0.2) is 25.6 Å². The number of aromatic nitrogens is 3. The van der Waals surface area contributed by atoms with E-state index in [0.717, 1.165) is 11.1 Å². The number of nitrogens with zero attached hydrogens (tertiary/aromatic N) is 4. The molecule has 3 heterocycles. The van der Waals surface area contributed by atoms with Gasteiger partial charge in [0, 0.05) is 31.9 Å². The second kappa shape index (κ2) is 8.30. The van der Waals surface area contributed by atoms with Crippen molar-refractivity contribution in [1.82, 2.24) is 14.5 Å². The second-order valence-corrected chi connectivity index (χ2v) is 8.72. The molecule has 1 aliphatic rings. The summed E-state index contributed by atoms with van der Waals surface area (Å²) in [5, 5.41) is 13.3. The number of aryl methyl sites for hydroxylation is 1. The quantitative estimate of drug-likeness (QED) is 0.469. The predicted molar refractivity (Wildman–Crippen MR) is 131 cm³/mol. The van der Waals surface area contributed by atoms with E-state index in [0.29, 0.717) is 35.6 Å². The van der Waals surface area contributed by atoms with E-state index >= 15 is 0 Å². The van der Waals surface area contributed by atoms with Crippen LogP contribution in [-0.2, 0) is 20.1 Å². The van der Waals surface area contributed by atoms with Crippen molar-refractivity contribution in [3.8, 4) is 0 Å². The minimum absolute atomic E-state index is 0.0503. The van der Waals surface area contributed by atoms with Gasteiger partial charge in [0.05, 0.1) is 22.6 Å². The van der Waals surface area contributed by atoms with E-state index in [4.69, 9.17) is 4.98 Å². The molecule has 0 saturated heterocycles. The van der Waals surface area contributed by atoms with Gasteiger partial charge in [-0.15, -0.1) is 0 Å². The summed E-state index contributed by atoms with van der Waals surface area (Å²) in [4.78, 5) is 36.1. The number of carbonyl (C=O) groups is 1. The number of fused-ring (bicyclic) bond motifs is 2. The molecule has 0 amide bonds. The first-order chi connectivity index (χ1) is 16.3. The van der Waals surface area contributed by atoms with Gasteiger partial charge in [0.15, 0.2) is 5.69 Å². The van der Waals surface area contributed by atoms with Crippen LogP contribution in [0.4, 0.5) is 11.6 Å². The van der Waals surface area contributed by atoms with Gasteiger partial charge in [0.1, 0.15) is 0 Å². The molecule has 0 aliphatic carbocycles. The Bertz CT molecular complexity index is 1470. The molecule has 0 spiro atoms. The van der Waals surface area contributed by atoms with Crippen molar-refractivity contribution >= 4 is 28.5 Å². The van der Waals surface area contributed by atoms with E-state index in [-0.39, 0.29) is 17.3 Å². The van der Waals surface area contributed by atoms with Crippen molar-refractivity contribution < 1.29 is 9.90 Å². The van der Waals surface area contributed by atoms with Crippen LogP contribution in [0.1, 0.15) is 45.7 Å². The molecule has 0 bridgehead atoms. The Morgan fingerprint density at radius 2 is 1.82 bits per heavy atom. The summed E-state index contributed by atoms with van der Waals surface area (Å²) < 4.78 is 1.61. The molecule has 34 heavy (non-hydrogen) atoms. The van der Waals surface area contributed by atoms with Gasteiger partial charge in [0.25, 0.3) is 5.56 Å². The van der Waals surface area contributed by atoms with Crippen molar-refractivity contribution in [1.29, 1.82) is 0 Å². The molecule has 8 nitrogen and oxygen atoms in total. The smallest absolute Gasteiger partial charge is 0.356 e. The number of hydrogen-bond acceptors (Lipinski definition) is 6. The van der Waals surface area contributed by atoms with Crippen molar-refractivity contribution in [2.24, 2.45) is 7.05 Å². The lowest BCUT2D eigenvalue weighted by atomic mass is 10.0. The third kappa shape index (κ3) is 3.67. The lowest BCUT2D eigenvalue weighted by Gasteiger charge is -2.23. The number of carboxylic acids is 1. The van der Waals surface area contributed by atoms with Crippen LogP contribution in [0.5, 0.6) is 0 Å². The molecule has 1 unspecified atom stereocenters. The minimum atomic E-state index is -1.10. The SMILES string of the molecule is Cc1cc(C(C)Nc2cccnc2C(=O)O)c2nc(N3Cc4ccccc4C3)n(C)c(=O)c2c1. The minimum Gasteiger partial charge on any atom is -0.476 e. The Morgan fingerprint density at radius 1 is 1.12 bits per heavy atom. The third-order valence-corrected chi connectivity index (χ3v) is 6.30. The molecule has 4 aromatic rings. The molecule has 0 radical (unpaired) electrons. The maximum atomic E-state index is 13.4. The van der Waals surface area contributed by atoms with Crippen molar-refractivity contribution in [3.05, 3.63) is 93.0 Å². The van der Waals surface area contributed by atoms with E-state index in [9.17, 15) is 14.7 Å². The van der Waals surface area contributed by atoms with Crippen molar-refractivity contribution in [2.75, 3.05) is 10.2 Å². The maximum Gasteiger partial charge on any atom is 0.356 e. The first kappa shape index (κ1) is 21.6. The normalized spacial score (nSPS) is 13.7. The fourth-order valence-corrected chi connectivity index (χ4v) is 4.63. The van der Waals surface area contributed by atoms with Crippen LogP contribution in [0.3, 0.4) is 0 Å². The Labute approximate surface area is 196 Å². The number of hydrogen-bond donors (Lipinski definition) is 2. The average Bonchev–Trinajstić information content (AvgIpc) is 3.25. The molecule has 2 N–H and O–H groups in total. The fourth-order valence-electron chi connectivity index (χ4n) is 4.63. The summed E-state index contributed by atoms with van der Waals surface area (Å²) in [6.07, 6.45) is 1.45. The molecule has 8 heteroatoms. The van der Waals surface area contributed by atoms with Gasteiger partial charge < -0.3 is 15.3 Å². The van der Waals surface area contributed by atoms with Crippen LogP contribution < -0.4 is 15.8 Å². The molecule has 1 aliphatic heterocycles. The van der Waals surface area contributed by atoms with E-state index in [1.165, 1.54) is 17.3 Å². The zero-order valence-corrected chi connectivity index (χ0v) is 19.2. The predicted octanol–water partition coefficient (Wildman–Crippen LogP) is 4.03. The van der Waals surface area contributed by atoms with Crippen LogP contribution >= 0.6 is 0 Å². The molecule has 2 aromatic carbocycles. The van der Waals surface area contributed by atoms with Crippen molar-refractivity contribution in [3.63, 3.8) is 0 Å². The zero-order valence-electron chi connectivity index (χ0n) is 19.2. The monoisotopic (exact) mass is 455 g/mol. The standard InChI is InChI=1S/C26H25N5O3/c1-15-11-19(16(2)28-21-9-6-10-27-23(21)25(33)34)22-20(12-15)24(32)30(3)26(29-22)31-13-17-7-4-5-8-18(17)14-31/h4-12,16,28H,13-14H2,1-3H3,(H,33,34). The van der Waals surface area contributed by atoms with Gasteiger partial charge in [-0.2, -0.15) is 0 Å². The summed E-state index contributed by atoms with van der Waals surface area (Å²) in [5.74, 6) is -0.495. The summed E-state index contributed by atoms with van der Waals surface area (Å²) in [7, 11) is 1.76. The molecule has 0 fully saturated rings.